The lowest BCUT2D eigenvalue weighted by atomic mass is 9.70. The first-order valence-electron chi connectivity index (χ1n) is 39.6. The molecule has 31 heteroatoms. The van der Waals surface area contributed by atoms with E-state index in [1.165, 1.54) is 79.9 Å². The number of thioether (sulfide) groups is 3. The van der Waals surface area contributed by atoms with E-state index in [9.17, 15) is 23.0 Å². The lowest BCUT2D eigenvalue weighted by Gasteiger charge is -2.39. The van der Waals surface area contributed by atoms with E-state index in [0.29, 0.717) is 72.1 Å². The lowest BCUT2D eigenvalue weighted by Crippen LogP contribution is -2.51. The van der Waals surface area contributed by atoms with E-state index < -0.39 is 16.8 Å². The summed E-state index contributed by atoms with van der Waals surface area (Å²) in [5.41, 5.74) is 20.9. The Balaban J connectivity index is 0.000000188. The molecule has 7 aliphatic rings. The molecule has 1 aliphatic carbocycles. The minimum atomic E-state index is -1.01. The number of thiol groups is 1. The summed E-state index contributed by atoms with van der Waals surface area (Å²) in [6.07, 6.45) is 16.8. The SMILES string of the molecule is CC(C)(C)Sc1cccc(I)c1Cl.CC(C)(C)Sc1cccc(N)c1Cl.CC(C)(C)Sc1cccc(N2CCCC2=O)c1Cl.C[C@@H]1OCC2(CCCCC2)[C@@H]1NS(=O)C(C)(C)C.C[C@@H]1OCC2(CCNCC2)[C@@H]1N.Nc1cccc(F)c1Cl.O=C1CCCN1c1cccc(S)c1Cl.O=C1CCCN1c1cccc(Sc2cnc(Cl)cn2)c1Cl. The molecule has 7 fully saturated rings. The van der Waals surface area contributed by atoms with E-state index in [4.69, 9.17) is 108 Å². The van der Waals surface area contributed by atoms with Gasteiger partial charge in [0, 0.05) is 98.1 Å². The zero-order chi connectivity index (χ0) is 87.3. The van der Waals surface area contributed by atoms with E-state index in [2.05, 4.69) is 137 Å². The topological polar surface area (TPSA) is 224 Å². The molecule has 6 aromatic carbocycles. The Hall–Kier alpha value is -3.20. The number of aromatic nitrogens is 2. The molecule has 6 aliphatic heterocycles. The largest absolute Gasteiger partial charge is 0.397 e. The van der Waals surface area contributed by atoms with Gasteiger partial charge in [0.2, 0.25) is 17.7 Å². The predicted octanol–water partition coefficient (Wildman–Crippen LogP) is 24.8. The van der Waals surface area contributed by atoms with E-state index >= 15 is 0 Å². The van der Waals surface area contributed by atoms with Crippen molar-refractivity contribution in [2.45, 2.75) is 253 Å². The van der Waals surface area contributed by atoms with Crippen molar-refractivity contribution in [3.8, 4) is 0 Å². The number of piperidine rings is 1. The molecule has 8 N–H and O–H groups in total. The van der Waals surface area contributed by atoms with Crippen LogP contribution in [0.15, 0.2) is 151 Å². The minimum Gasteiger partial charge on any atom is -0.397 e. The number of halogens is 9. The zero-order valence-electron chi connectivity index (χ0n) is 69.8. The number of hydrogen-bond donors (Lipinski definition) is 6. The van der Waals surface area contributed by atoms with Crippen molar-refractivity contribution in [2.24, 2.45) is 16.6 Å². The summed E-state index contributed by atoms with van der Waals surface area (Å²) in [5, 5.41) is 7.78. The fraction of sp³-hybridized carbons (Fsp3) is 0.506. The molecule has 1 saturated carbocycles. The Morgan fingerprint density at radius 3 is 1.40 bits per heavy atom. The Kier molecular flexibility index (Phi) is 40.5. The van der Waals surface area contributed by atoms with Crippen LogP contribution in [0.4, 0.5) is 32.8 Å². The number of ether oxygens (including phenoxy) is 2. The first kappa shape index (κ1) is 102. The monoisotopic (exact) mass is 1980 g/mol. The van der Waals surface area contributed by atoms with Gasteiger partial charge in [-0.3, -0.25) is 14.4 Å². The van der Waals surface area contributed by atoms with Gasteiger partial charge < -0.3 is 46.7 Å². The second-order valence-electron chi connectivity index (χ2n) is 33.6. The summed E-state index contributed by atoms with van der Waals surface area (Å²) in [7, 11) is -1.01. The molecule has 16 nitrogen and oxygen atoms in total. The van der Waals surface area contributed by atoms with Crippen LogP contribution in [0.1, 0.15) is 180 Å². The Morgan fingerprint density at radius 1 is 0.534 bits per heavy atom. The number of carbonyl (C=O) groups excluding carboxylic acids is 3. The third-order valence-corrected chi connectivity index (χ3v) is 30.6. The van der Waals surface area contributed by atoms with Crippen molar-refractivity contribution >= 4 is 221 Å². The molecule has 0 bridgehead atoms. The van der Waals surface area contributed by atoms with Gasteiger partial charge in [-0.15, -0.1) is 47.9 Å². The molecule has 2 spiro atoms. The average molecular weight is 1980 g/mol. The van der Waals surface area contributed by atoms with Crippen molar-refractivity contribution < 1.29 is 32.5 Å². The highest BCUT2D eigenvalue weighted by Crippen LogP contribution is 2.48. The molecule has 5 atom stereocenters. The molecular weight excluding hydrogens is 1870 g/mol. The van der Waals surface area contributed by atoms with Crippen LogP contribution in [0.2, 0.25) is 35.3 Å². The number of anilines is 5. The number of benzene rings is 6. The van der Waals surface area contributed by atoms with Gasteiger partial charge in [-0.05, 0) is 188 Å². The number of rotatable bonds is 10. The Labute approximate surface area is 773 Å². The van der Waals surface area contributed by atoms with Gasteiger partial charge in [0.1, 0.15) is 16.0 Å². The summed E-state index contributed by atoms with van der Waals surface area (Å²) in [6, 6.07) is 33.8. The summed E-state index contributed by atoms with van der Waals surface area (Å²) < 4.78 is 41.0. The van der Waals surface area contributed by atoms with Crippen molar-refractivity contribution in [3.05, 3.63) is 166 Å². The molecule has 0 radical (unpaired) electrons. The van der Waals surface area contributed by atoms with Crippen LogP contribution >= 0.6 is 163 Å². The molecule has 118 heavy (non-hydrogen) atoms. The van der Waals surface area contributed by atoms with Crippen molar-refractivity contribution in [1.29, 1.82) is 0 Å². The number of hydrogen-bond acceptors (Lipinski definition) is 17. The van der Waals surface area contributed by atoms with E-state index in [1.54, 1.807) is 62.2 Å². The van der Waals surface area contributed by atoms with Crippen molar-refractivity contribution in [1.82, 2.24) is 20.0 Å². The molecule has 7 heterocycles. The summed E-state index contributed by atoms with van der Waals surface area (Å²) in [6.45, 7) is 35.9. The maximum Gasteiger partial charge on any atom is 0.227 e. The van der Waals surface area contributed by atoms with Gasteiger partial charge >= 0.3 is 0 Å². The van der Waals surface area contributed by atoms with E-state index in [1.807, 2.05) is 106 Å². The van der Waals surface area contributed by atoms with Crippen LogP contribution in [0, 0.1) is 20.2 Å². The van der Waals surface area contributed by atoms with E-state index in [-0.39, 0.29) is 77.1 Å². The number of carbonyl (C=O) groups is 3. The molecule has 648 valence electrons. The summed E-state index contributed by atoms with van der Waals surface area (Å²) >= 11 is 55.4. The number of nitrogens with one attached hydrogen (secondary N) is 2. The quantitative estimate of drug-likeness (QED) is 0.0324. The average Bonchev–Trinajstić information content (AvgIpc) is 1.63. The normalized spacial score (nSPS) is 19.7. The molecule has 1 aromatic heterocycles. The molecule has 7 aromatic rings. The number of amides is 3. The first-order chi connectivity index (χ1) is 55.3. The lowest BCUT2D eigenvalue weighted by molar-refractivity contribution is -0.117. The highest BCUT2D eigenvalue weighted by atomic mass is 127. The standard InChI is InChI=1S/C14H11Cl2N3OS.C14H18ClNOS.C14H27NO2S.C10H12ClIS.C10H10ClNOS.C10H14ClNS.C9H18N2O.C6H5ClFN/c15-11-7-18-12(8-17-11)21-10-4-1-3-9(14(10)16)19-6-2-5-13(19)20;1-14(2,3)18-11-7-4-6-10(13(11)15)16-9-5-8-12(16)17;1-11-12(15-18(16)13(2,3)4)14(10-17-11)8-6-5-7-9-14;1-10(2,3)13-8-6-4-5-7(12)9(8)11;11-10-7(3-1-4-8(10)14)12-6-2-5-9(12)13;1-10(2,3)13-8-6-4-5-7(12)9(8)11;1-7-8(10)9(6-12-7)2-4-11-5-3-9;7-6-4(8)2-1-3-5(6)9/h1,3-4,7-8H,2,5-6H2;4,6-7H,5,8-9H2,1-3H3;11-12,15H,5-10H2,1-4H3;4-6H,1-3H3;1,3-4,14H,2,5-6H2;4-6H,12H2,1-3H3;7-8,11H,2-6,10H2,1H3;1-3H,9H2/t;;11-,12+,18?;;;;7-,8+;/m..0...0./s1. The van der Waals surface area contributed by atoms with Gasteiger partial charge in [0.05, 0.1) is 118 Å². The Bertz CT molecular complexity index is 4400. The zero-order valence-corrected chi connectivity index (χ0v) is 82.2. The van der Waals surface area contributed by atoms with Crippen LogP contribution in [0.5, 0.6) is 0 Å². The minimum absolute atomic E-state index is 0.00231. The third kappa shape index (κ3) is 30.8. The second-order valence-corrected chi connectivity index (χ2v) is 46.5. The maximum absolute atomic E-state index is 12.4. The smallest absolute Gasteiger partial charge is 0.227 e. The molecule has 14 rings (SSSR count). The van der Waals surface area contributed by atoms with E-state index in [0.717, 1.165) is 99.0 Å². The molecule has 3 amide bonds. The van der Waals surface area contributed by atoms with Gasteiger partial charge in [-0.25, -0.2) is 23.3 Å². The van der Waals surface area contributed by atoms with Crippen molar-refractivity contribution in [3.63, 3.8) is 0 Å². The number of nitrogen functional groups attached to an aromatic ring is 2. The number of nitrogens with zero attached hydrogens (tertiary/aromatic N) is 5. The fourth-order valence-electron chi connectivity index (χ4n) is 13.7. The second kappa shape index (κ2) is 46.9. The predicted molar refractivity (Wildman–Crippen MR) is 514 cm³/mol. The van der Waals surface area contributed by atoms with Gasteiger partial charge in [-0.1, -0.05) is 211 Å². The molecule has 6 saturated heterocycles. The fourth-order valence-corrected chi connectivity index (χ4v) is 21.1. The van der Waals surface area contributed by atoms with Gasteiger partial charge in [0.25, 0.3) is 0 Å². The maximum atomic E-state index is 12.4. The third-order valence-electron chi connectivity index (χ3n) is 19.7. The van der Waals surface area contributed by atoms with Crippen LogP contribution in [-0.2, 0) is 34.8 Å². The van der Waals surface area contributed by atoms with Crippen LogP contribution in [0.3, 0.4) is 0 Å². The Morgan fingerprint density at radius 2 is 0.958 bits per heavy atom. The number of nitrogens with two attached hydrogens (primary N) is 3. The first-order valence-corrected chi connectivity index (χ1v) is 48.2. The molecule has 1 unspecified atom stereocenters. The van der Waals surface area contributed by atoms with Crippen LogP contribution in [-0.4, -0.2) is 121 Å². The summed E-state index contributed by atoms with van der Waals surface area (Å²) in [4.78, 5) is 53.4. The summed E-state index contributed by atoms with van der Waals surface area (Å²) in [5.74, 6) is -0.0392. The highest BCUT2D eigenvalue weighted by Gasteiger charge is 2.50. The van der Waals surface area contributed by atoms with Gasteiger partial charge in [0.15, 0.2) is 0 Å². The van der Waals surface area contributed by atoms with Crippen LogP contribution < -0.4 is 41.9 Å². The highest BCUT2D eigenvalue weighted by molar-refractivity contribution is 14.1. The molecular formula is C87H115Cl7FIN10O6S6. The van der Waals surface area contributed by atoms with Gasteiger partial charge in [-0.2, -0.15) is 0 Å². The van der Waals surface area contributed by atoms with Crippen LogP contribution in [0.25, 0.3) is 0 Å². The van der Waals surface area contributed by atoms with Crippen molar-refractivity contribution in [2.75, 3.05) is 72.1 Å².